The van der Waals surface area contributed by atoms with E-state index in [0.29, 0.717) is 11.8 Å². The predicted octanol–water partition coefficient (Wildman–Crippen LogP) is 3.07. The number of hydrogen-bond donors (Lipinski definition) is 0. The van der Waals surface area contributed by atoms with Gasteiger partial charge < -0.3 is 4.74 Å². The van der Waals surface area contributed by atoms with Crippen LogP contribution in [0.3, 0.4) is 0 Å². The Balaban J connectivity index is 2.35. The maximum Gasteiger partial charge on any atom is 0.273 e. The number of nitro groups is 1. The van der Waals surface area contributed by atoms with E-state index < -0.39 is 4.92 Å². The Morgan fingerprint density at radius 1 is 1.25 bits per heavy atom. The summed E-state index contributed by atoms with van der Waals surface area (Å²) in [5, 5.41) is 19.7. The molecule has 0 fully saturated rings. The van der Waals surface area contributed by atoms with Crippen LogP contribution in [0.5, 0.6) is 11.5 Å². The molecule has 0 N–H and O–H groups in total. The number of nitrogens with zero attached hydrogens (tertiary/aromatic N) is 2. The first kappa shape index (κ1) is 13.2. The first-order valence-electron chi connectivity index (χ1n) is 5.55. The van der Waals surface area contributed by atoms with Crippen molar-refractivity contribution in [1.29, 1.82) is 5.26 Å². The maximum absolute atomic E-state index is 10.7. The highest BCUT2D eigenvalue weighted by Gasteiger charge is 2.10. The number of benzene rings is 2. The van der Waals surface area contributed by atoms with E-state index in [2.05, 4.69) is 0 Å². The van der Waals surface area contributed by atoms with Crippen LogP contribution in [0, 0.1) is 21.4 Å². The van der Waals surface area contributed by atoms with Crippen LogP contribution in [0.1, 0.15) is 15.9 Å². The van der Waals surface area contributed by atoms with E-state index in [1.807, 2.05) is 6.07 Å². The molecule has 6 nitrogen and oxygen atoms in total. The molecule has 0 amide bonds. The summed E-state index contributed by atoms with van der Waals surface area (Å²) >= 11 is 0. The van der Waals surface area contributed by atoms with Gasteiger partial charge >= 0.3 is 0 Å². The van der Waals surface area contributed by atoms with E-state index in [0.717, 1.165) is 0 Å². The summed E-state index contributed by atoms with van der Waals surface area (Å²) in [4.78, 5) is 20.8. The first-order chi connectivity index (χ1) is 9.63. The van der Waals surface area contributed by atoms with E-state index in [1.54, 1.807) is 6.07 Å². The van der Waals surface area contributed by atoms with Gasteiger partial charge in [-0.1, -0.05) is 6.07 Å². The van der Waals surface area contributed by atoms with Gasteiger partial charge in [0, 0.05) is 11.6 Å². The minimum Gasteiger partial charge on any atom is -0.456 e. The summed E-state index contributed by atoms with van der Waals surface area (Å²) < 4.78 is 5.45. The predicted molar refractivity (Wildman–Crippen MR) is 69.7 cm³/mol. The van der Waals surface area contributed by atoms with Gasteiger partial charge in [0.25, 0.3) is 5.69 Å². The molecular weight excluding hydrogens is 260 g/mol. The summed E-state index contributed by atoms with van der Waals surface area (Å²) in [6, 6.07) is 11.9. The molecule has 0 radical (unpaired) electrons. The van der Waals surface area contributed by atoms with E-state index in [-0.39, 0.29) is 22.7 Å². The molecule has 0 aliphatic carbocycles. The smallest absolute Gasteiger partial charge is 0.273 e. The van der Waals surface area contributed by atoms with Crippen molar-refractivity contribution in [3.05, 3.63) is 63.7 Å². The van der Waals surface area contributed by atoms with Crippen LogP contribution in [0.2, 0.25) is 0 Å². The van der Waals surface area contributed by atoms with Gasteiger partial charge in [-0.2, -0.15) is 5.26 Å². The minimum atomic E-state index is -0.534. The van der Waals surface area contributed by atoms with Gasteiger partial charge in [-0.3, -0.25) is 14.9 Å². The Labute approximate surface area is 114 Å². The van der Waals surface area contributed by atoms with Crippen LogP contribution < -0.4 is 4.74 Å². The zero-order chi connectivity index (χ0) is 14.5. The van der Waals surface area contributed by atoms with Crippen molar-refractivity contribution in [2.24, 2.45) is 0 Å². The average molecular weight is 268 g/mol. The second-order valence-corrected chi connectivity index (χ2v) is 3.84. The number of rotatable bonds is 4. The molecule has 0 atom stereocenters. The summed E-state index contributed by atoms with van der Waals surface area (Å²) in [6.07, 6.45) is 0.623. The molecule has 0 unspecified atom stereocenters. The molecule has 6 heteroatoms. The van der Waals surface area contributed by atoms with Gasteiger partial charge in [0.2, 0.25) is 0 Å². The fraction of sp³-hybridized carbons (Fsp3) is 0. The highest BCUT2D eigenvalue weighted by Crippen LogP contribution is 2.28. The molecular formula is C14H8N2O4. The molecule has 2 rings (SSSR count). The van der Waals surface area contributed by atoms with Gasteiger partial charge in [0.15, 0.2) is 0 Å². The molecule has 2 aromatic rings. The van der Waals surface area contributed by atoms with E-state index in [4.69, 9.17) is 10.00 Å². The number of hydrogen-bond acceptors (Lipinski definition) is 5. The summed E-state index contributed by atoms with van der Waals surface area (Å²) in [5.41, 5.74) is 0.430. The zero-order valence-electron chi connectivity index (χ0n) is 10.1. The fourth-order valence-electron chi connectivity index (χ4n) is 1.58. The Morgan fingerprint density at radius 2 is 2.05 bits per heavy atom. The lowest BCUT2D eigenvalue weighted by atomic mass is 10.1. The van der Waals surface area contributed by atoms with Gasteiger partial charge in [0.1, 0.15) is 23.9 Å². The lowest BCUT2D eigenvalue weighted by Crippen LogP contribution is -1.92. The topological polar surface area (TPSA) is 93.2 Å². The standard InChI is InChI=1S/C14H8N2O4/c15-8-11-6-10(9-17)4-5-14(11)20-13-3-1-2-12(7-13)16(18)19/h1-7,9H. The summed E-state index contributed by atoms with van der Waals surface area (Å²) in [6.45, 7) is 0. The van der Waals surface area contributed by atoms with Crippen LogP contribution in [0.25, 0.3) is 0 Å². The minimum absolute atomic E-state index is 0.106. The molecule has 0 aliphatic heterocycles. The molecule has 0 saturated heterocycles. The third-order valence-electron chi connectivity index (χ3n) is 2.52. The molecule has 0 heterocycles. The molecule has 0 aromatic heterocycles. The second-order valence-electron chi connectivity index (χ2n) is 3.84. The first-order valence-corrected chi connectivity index (χ1v) is 5.55. The molecule has 98 valence electrons. The number of ether oxygens (including phenoxy) is 1. The van der Waals surface area contributed by atoms with Crippen molar-refractivity contribution in [2.75, 3.05) is 0 Å². The lowest BCUT2D eigenvalue weighted by Gasteiger charge is -2.07. The SMILES string of the molecule is N#Cc1cc(C=O)ccc1Oc1cccc([N+](=O)[O-])c1. The van der Waals surface area contributed by atoms with Crippen LogP contribution in [-0.4, -0.2) is 11.2 Å². The van der Waals surface area contributed by atoms with Gasteiger partial charge in [0.05, 0.1) is 16.6 Å². The van der Waals surface area contributed by atoms with Gasteiger partial charge in [-0.15, -0.1) is 0 Å². The van der Waals surface area contributed by atoms with Crippen molar-refractivity contribution in [3.63, 3.8) is 0 Å². The van der Waals surface area contributed by atoms with Gasteiger partial charge in [-0.25, -0.2) is 0 Å². The quantitative estimate of drug-likeness (QED) is 0.482. The van der Waals surface area contributed by atoms with Crippen LogP contribution in [0.15, 0.2) is 42.5 Å². The number of nitro benzene ring substituents is 1. The zero-order valence-corrected chi connectivity index (χ0v) is 10.1. The molecule has 0 aliphatic rings. The molecule has 0 spiro atoms. The van der Waals surface area contributed by atoms with Gasteiger partial charge in [-0.05, 0) is 24.3 Å². The Morgan fingerprint density at radius 3 is 2.70 bits per heavy atom. The van der Waals surface area contributed by atoms with Crippen LogP contribution in [0.4, 0.5) is 5.69 Å². The van der Waals surface area contributed by atoms with E-state index in [9.17, 15) is 14.9 Å². The second kappa shape index (κ2) is 5.63. The molecule has 2 aromatic carbocycles. The van der Waals surface area contributed by atoms with Crippen molar-refractivity contribution in [3.8, 4) is 17.6 Å². The number of carbonyl (C=O) groups excluding carboxylic acids is 1. The number of non-ortho nitro benzene ring substituents is 1. The summed E-state index contributed by atoms with van der Waals surface area (Å²) in [5.74, 6) is 0.480. The third-order valence-corrected chi connectivity index (χ3v) is 2.52. The fourth-order valence-corrected chi connectivity index (χ4v) is 1.58. The normalized spacial score (nSPS) is 9.55. The van der Waals surface area contributed by atoms with Crippen molar-refractivity contribution in [2.45, 2.75) is 0 Å². The number of nitriles is 1. The van der Waals surface area contributed by atoms with Crippen molar-refractivity contribution in [1.82, 2.24) is 0 Å². The van der Waals surface area contributed by atoms with Crippen molar-refractivity contribution < 1.29 is 14.5 Å². The van der Waals surface area contributed by atoms with Crippen LogP contribution >= 0.6 is 0 Å². The number of carbonyl (C=O) groups is 1. The lowest BCUT2D eigenvalue weighted by molar-refractivity contribution is -0.384. The van der Waals surface area contributed by atoms with E-state index in [1.165, 1.54) is 36.4 Å². The highest BCUT2D eigenvalue weighted by atomic mass is 16.6. The Bertz CT molecular complexity index is 719. The van der Waals surface area contributed by atoms with Crippen molar-refractivity contribution >= 4 is 12.0 Å². The molecule has 0 bridgehead atoms. The third kappa shape index (κ3) is 2.79. The average Bonchev–Trinajstić information content (AvgIpc) is 2.48. The van der Waals surface area contributed by atoms with E-state index >= 15 is 0 Å². The Kier molecular flexibility index (Phi) is 3.72. The Hall–Kier alpha value is -3.20. The largest absolute Gasteiger partial charge is 0.456 e. The number of aldehydes is 1. The maximum atomic E-state index is 10.7. The molecule has 0 saturated carbocycles. The summed E-state index contributed by atoms with van der Waals surface area (Å²) in [7, 11) is 0. The van der Waals surface area contributed by atoms with Crippen LogP contribution in [-0.2, 0) is 0 Å². The highest BCUT2D eigenvalue weighted by molar-refractivity contribution is 5.76. The molecule has 20 heavy (non-hydrogen) atoms. The monoisotopic (exact) mass is 268 g/mol.